The summed E-state index contributed by atoms with van der Waals surface area (Å²) in [5, 5.41) is 3.78. The molecule has 4 rings (SSSR count). The van der Waals surface area contributed by atoms with Gasteiger partial charge in [-0.15, -0.1) is 0 Å². The smallest absolute Gasteiger partial charge is 0.235 e. The predicted octanol–water partition coefficient (Wildman–Crippen LogP) is 4.95. The third kappa shape index (κ3) is 3.91. The summed E-state index contributed by atoms with van der Waals surface area (Å²) in [6, 6.07) is 11.8. The molecule has 1 aliphatic carbocycles. The molecule has 2 aliphatic rings. The average molecular weight is 426 g/mol. The van der Waals surface area contributed by atoms with Gasteiger partial charge in [-0.25, -0.2) is 0 Å². The Hall–Kier alpha value is -2.17. The van der Waals surface area contributed by atoms with Crippen LogP contribution in [-0.4, -0.2) is 23.3 Å². The number of ketones is 1. The molecule has 1 amide bonds. The Kier molecular flexibility index (Phi) is 5.73. The fraction of sp³-hybridized carbons (Fsp3) is 0.440. The molecule has 1 saturated carbocycles. The van der Waals surface area contributed by atoms with Crippen LogP contribution in [0.3, 0.4) is 0 Å². The third-order valence-electron chi connectivity index (χ3n) is 6.55. The molecule has 2 aromatic rings. The van der Waals surface area contributed by atoms with Crippen LogP contribution in [0.1, 0.15) is 59.4 Å². The van der Waals surface area contributed by atoms with Gasteiger partial charge in [-0.3, -0.25) is 9.59 Å². The topological polar surface area (TPSA) is 55.4 Å². The van der Waals surface area contributed by atoms with Crippen molar-refractivity contribution in [1.29, 1.82) is 0 Å². The van der Waals surface area contributed by atoms with Crippen molar-refractivity contribution in [3.8, 4) is 0 Å². The summed E-state index contributed by atoms with van der Waals surface area (Å²) in [6.45, 7) is 6.51. The fourth-order valence-electron chi connectivity index (χ4n) is 5.14. The van der Waals surface area contributed by atoms with Gasteiger partial charge in [0.15, 0.2) is 5.78 Å². The maximum atomic E-state index is 13.5. The van der Waals surface area contributed by atoms with Gasteiger partial charge in [-0.1, -0.05) is 41.4 Å². The zero-order chi connectivity index (χ0) is 21.5. The van der Waals surface area contributed by atoms with E-state index in [1.807, 2.05) is 45.0 Å². The number of rotatable bonds is 4. The SMILES string of the molecule is Cc1cc(C)c(C2C(=O)NC3(CCC(OCc4cccc(Cl)c4)CC3)C2=O)c(C)c1. The Bertz CT molecular complexity index is 969. The van der Waals surface area contributed by atoms with E-state index in [-0.39, 0.29) is 17.8 Å². The maximum absolute atomic E-state index is 13.5. The summed E-state index contributed by atoms with van der Waals surface area (Å²) in [6.07, 6.45) is 2.84. The molecule has 5 heteroatoms. The number of hydrogen-bond acceptors (Lipinski definition) is 3. The molecule has 1 saturated heterocycles. The lowest BCUT2D eigenvalue weighted by molar-refractivity contribution is -0.126. The molecule has 4 nitrogen and oxygen atoms in total. The van der Waals surface area contributed by atoms with E-state index in [0.717, 1.165) is 40.7 Å². The van der Waals surface area contributed by atoms with Crippen molar-refractivity contribution >= 4 is 23.3 Å². The molecule has 2 fully saturated rings. The number of Topliss-reactive ketones (excluding diaryl/α,β-unsaturated/α-hetero) is 1. The lowest BCUT2D eigenvalue weighted by Crippen LogP contribution is -2.50. The van der Waals surface area contributed by atoms with Gasteiger partial charge in [0.05, 0.1) is 18.2 Å². The van der Waals surface area contributed by atoms with E-state index < -0.39 is 11.5 Å². The predicted molar refractivity (Wildman–Crippen MR) is 118 cm³/mol. The Morgan fingerprint density at radius 1 is 1.07 bits per heavy atom. The van der Waals surface area contributed by atoms with Gasteiger partial charge >= 0.3 is 0 Å². The zero-order valence-electron chi connectivity index (χ0n) is 17.8. The molecule has 1 atom stereocenters. The van der Waals surface area contributed by atoms with Gasteiger partial charge < -0.3 is 10.1 Å². The van der Waals surface area contributed by atoms with Crippen LogP contribution in [0.25, 0.3) is 0 Å². The third-order valence-corrected chi connectivity index (χ3v) is 6.78. The van der Waals surface area contributed by atoms with E-state index in [1.165, 1.54) is 0 Å². The first-order chi connectivity index (χ1) is 14.3. The van der Waals surface area contributed by atoms with Crippen molar-refractivity contribution in [2.45, 2.75) is 70.6 Å². The van der Waals surface area contributed by atoms with Gasteiger partial charge in [0, 0.05) is 5.02 Å². The van der Waals surface area contributed by atoms with Crippen LogP contribution in [0.15, 0.2) is 36.4 Å². The van der Waals surface area contributed by atoms with Gasteiger partial charge in [0.2, 0.25) is 5.91 Å². The minimum atomic E-state index is -0.749. The highest BCUT2D eigenvalue weighted by Crippen LogP contribution is 2.41. The van der Waals surface area contributed by atoms with Crippen LogP contribution in [0.4, 0.5) is 0 Å². The van der Waals surface area contributed by atoms with E-state index in [2.05, 4.69) is 17.4 Å². The second kappa shape index (κ2) is 8.16. The zero-order valence-corrected chi connectivity index (χ0v) is 18.5. The maximum Gasteiger partial charge on any atom is 0.235 e. The molecule has 1 aliphatic heterocycles. The lowest BCUT2D eigenvalue weighted by atomic mass is 9.75. The van der Waals surface area contributed by atoms with Gasteiger partial charge in [0.1, 0.15) is 5.92 Å². The number of halogens is 1. The van der Waals surface area contributed by atoms with Crippen LogP contribution in [0.2, 0.25) is 5.02 Å². The van der Waals surface area contributed by atoms with Crippen molar-refractivity contribution in [3.63, 3.8) is 0 Å². The number of nitrogens with one attached hydrogen (secondary N) is 1. The van der Waals surface area contributed by atoms with Crippen molar-refractivity contribution in [1.82, 2.24) is 5.32 Å². The number of carbonyl (C=O) groups is 2. The number of benzene rings is 2. The summed E-state index contributed by atoms with van der Waals surface area (Å²) in [5.74, 6) is -0.835. The molecule has 1 N–H and O–H groups in total. The Labute approximate surface area is 183 Å². The molecule has 1 unspecified atom stereocenters. The Morgan fingerprint density at radius 2 is 1.73 bits per heavy atom. The van der Waals surface area contributed by atoms with E-state index in [4.69, 9.17) is 16.3 Å². The first-order valence-electron chi connectivity index (χ1n) is 10.6. The van der Waals surface area contributed by atoms with Crippen molar-refractivity contribution in [2.24, 2.45) is 0 Å². The second-order valence-corrected chi connectivity index (χ2v) is 9.26. The van der Waals surface area contributed by atoms with Crippen LogP contribution in [0.5, 0.6) is 0 Å². The van der Waals surface area contributed by atoms with Crippen molar-refractivity contribution in [3.05, 3.63) is 69.2 Å². The summed E-state index contributed by atoms with van der Waals surface area (Å²) in [4.78, 5) is 26.4. The fourth-order valence-corrected chi connectivity index (χ4v) is 5.35. The summed E-state index contributed by atoms with van der Waals surface area (Å²) in [7, 11) is 0. The normalized spacial score (nSPS) is 26.3. The molecule has 2 aromatic carbocycles. The molecular weight excluding hydrogens is 398 g/mol. The first kappa shape index (κ1) is 21.1. The first-order valence-corrected chi connectivity index (χ1v) is 11.0. The highest BCUT2D eigenvalue weighted by molar-refractivity contribution is 6.30. The number of amides is 1. The highest BCUT2D eigenvalue weighted by Gasteiger charge is 2.54. The number of carbonyl (C=O) groups excluding carboxylic acids is 2. The second-order valence-electron chi connectivity index (χ2n) is 8.82. The summed E-state index contributed by atoms with van der Waals surface area (Å²) >= 11 is 6.04. The number of ether oxygens (including phenoxy) is 1. The number of hydrogen-bond donors (Lipinski definition) is 1. The van der Waals surface area contributed by atoms with Gasteiger partial charge in [-0.2, -0.15) is 0 Å². The lowest BCUT2D eigenvalue weighted by Gasteiger charge is -2.35. The molecule has 0 radical (unpaired) electrons. The van der Waals surface area contributed by atoms with E-state index in [1.54, 1.807) is 0 Å². The van der Waals surface area contributed by atoms with Crippen molar-refractivity contribution < 1.29 is 14.3 Å². The molecule has 0 aromatic heterocycles. The Balaban J connectivity index is 1.44. The minimum Gasteiger partial charge on any atom is -0.374 e. The molecule has 1 heterocycles. The largest absolute Gasteiger partial charge is 0.374 e. The molecule has 158 valence electrons. The molecule has 30 heavy (non-hydrogen) atoms. The molecule has 1 spiro atoms. The van der Waals surface area contributed by atoms with E-state index in [0.29, 0.717) is 24.5 Å². The van der Waals surface area contributed by atoms with Crippen LogP contribution in [-0.2, 0) is 20.9 Å². The quantitative estimate of drug-likeness (QED) is 0.705. The summed E-state index contributed by atoms with van der Waals surface area (Å²) in [5.41, 5.74) is 4.33. The van der Waals surface area contributed by atoms with Gasteiger partial charge in [0.25, 0.3) is 0 Å². The highest BCUT2D eigenvalue weighted by atomic mass is 35.5. The number of aryl methyl sites for hydroxylation is 3. The van der Waals surface area contributed by atoms with E-state index in [9.17, 15) is 9.59 Å². The monoisotopic (exact) mass is 425 g/mol. The summed E-state index contributed by atoms with van der Waals surface area (Å²) < 4.78 is 6.07. The molecular formula is C25H28ClNO3. The van der Waals surface area contributed by atoms with Gasteiger partial charge in [-0.05, 0) is 80.8 Å². The van der Waals surface area contributed by atoms with Crippen molar-refractivity contribution in [2.75, 3.05) is 0 Å². The van der Waals surface area contributed by atoms with E-state index >= 15 is 0 Å². The standard InChI is InChI=1S/C25H28ClNO3/c1-15-11-16(2)21(17(3)12-15)22-23(28)25(27-24(22)29)9-7-20(8-10-25)30-14-18-5-4-6-19(26)13-18/h4-6,11-13,20,22H,7-10,14H2,1-3H3,(H,27,29). The molecule has 0 bridgehead atoms. The van der Waals surface area contributed by atoms with Crippen LogP contribution >= 0.6 is 11.6 Å². The minimum absolute atomic E-state index is 0.0239. The average Bonchev–Trinajstić information content (AvgIpc) is 2.91. The van der Waals surface area contributed by atoms with Crippen LogP contribution < -0.4 is 5.32 Å². The Morgan fingerprint density at radius 3 is 2.37 bits per heavy atom. The van der Waals surface area contributed by atoms with Crippen LogP contribution in [0, 0.1) is 20.8 Å².